The van der Waals surface area contributed by atoms with Gasteiger partial charge >= 0.3 is 16.4 Å². The molecule has 2 bridgehead atoms. The van der Waals surface area contributed by atoms with E-state index in [0.29, 0.717) is 0 Å². The van der Waals surface area contributed by atoms with Gasteiger partial charge in [-0.1, -0.05) is 0 Å². The number of anilines is 2. The summed E-state index contributed by atoms with van der Waals surface area (Å²) in [5, 5.41) is 0. The number of fused-ring (bicyclic) bond motifs is 2. The number of nitrogens with zero attached hydrogens (tertiary/aromatic N) is 2. The maximum absolute atomic E-state index is 10.8. The lowest BCUT2D eigenvalue weighted by atomic mass is 10.5. The minimum atomic E-state index is -4.13. The van der Waals surface area contributed by atoms with Gasteiger partial charge in [-0.3, -0.25) is 0 Å². The van der Waals surface area contributed by atoms with Crippen LogP contribution in [0.2, 0.25) is 0 Å². The van der Waals surface area contributed by atoms with Gasteiger partial charge < -0.3 is 19.8 Å². The molecule has 0 radical (unpaired) electrons. The summed E-state index contributed by atoms with van der Waals surface area (Å²) in [6, 6.07) is -0.395. The van der Waals surface area contributed by atoms with Crippen LogP contribution in [0, 0.1) is 0 Å². The first-order valence-electron chi connectivity index (χ1n) is 3.05. The smallest absolute Gasteiger partial charge is 0.391 e. The Bertz CT molecular complexity index is 466. The van der Waals surface area contributed by atoms with E-state index in [4.69, 9.17) is 11.5 Å². The Hall–Kier alpha value is -1.77. The average Bonchev–Trinajstić information content (AvgIpc) is 1.97. The number of aromatic nitrogens is 2. The molecule has 4 N–H and O–H groups in total. The highest BCUT2D eigenvalue weighted by Crippen LogP contribution is 2.31. The number of nitrogen functional groups attached to an aromatic ring is 2. The molecule has 0 fully saturated rings. The van der Waals surface area contributed by atoms with Crippen LogP contribution in [0.5, 0.6) is 11.9 Å². The van der Waals surface area contributed by atoms with Crippen molar-refractivity contribution in [3.05, 3.63) is 0 Å². The lowest BCUT2D eigenvalue weighted by Crippen LogP contribution is -2.24. The minimum absolute atomic E-state index is 0.0881. The molecule has 0 aliphatic carbocycles. The molecule has 2 heterocycles. The fourth-order valence-corrected chi connectivity index (χ4v) is 1.36. The number of rotatable bonds is 0. The van der Waals surface area contributed by atoms with E-state index in [1.807, 2.05) is 0 Å². The third-order valence-electron chi connectivity index (χ3n) is 1.28. The third kappa shape index (κ3) is 1.18. The van der Waals surface area contributed by atoms with E-state index in [1.165, 1.54) is 0 Å². The third-order valence-corrected chi connectivity index (χ3v) is 1.99. The first-order chi connectivity index (χ1) is 5.98. The van der Waals surface area contributed by atoms with Gasteiger partial charge in [0.2, 0.25) is 0 Å². The Balaban J connectivity index is 2.67. The zero-order valence-corrected chi connectivity index (χ0v) is 6.91. The predicted octanol–water partition coefficient (Wildman–Crippen LogP) is -1.34. The summed E-state index contributed by atoms with van der Waals surface area (Å²) >= 11 is 0. The van der Waals surface area contributed by atoms with Crippen LogP contribution in [-0.2, 0) is 10.4 Å². The monoisotopic (exact) mass is 204 g/mol. The Morgan fingerprint density at radius 2 is 1.85 bits per heavy atom. The van der Waals surface area contributed by atoms with Crippen LogP contribution in [0.15, 0.2) is 0 Å². The first-order valence-corrected chi connectivity index (χ1v) is 4.38. The summed E-state index contributed by atoms with van der Waals surface area (Å²) in [4.78, 5) is 6.95. The zero-order valence-electron chi connectivity index (χ0n) is 6.09. The summed E-state index contributed by atoms with van der Waals surface area (Å²) in [7, 11) is -4.13. The van der Waals surface area contributed by atoms with E-state index in [2.05, 4.69) is 18.3 Å². The predicted molar refractivity (Wildman–Crippen MR) is 41.0 cm³/mol. The minimum Gasteiger partial charge on any atom is -0.391 e. The molecule has 2 rings (SSSR count). The second kappa shape index (κ2) is 2.13. The van der Waals surface area contributed by atoms with Crippen LogP contribution in [0.4, 0.5) is 11.5 Å². The molecule has 0 spiro atoms. The summed E-state index contributed by atoms with van der Waals surface area (Å²) in [6.45, 7) is 0. The molecule has 1 aromatic heterocycles. The van der Waals surface area contributed by atoms with E-state index in [-0.39, 0.29) is 17.4 Å². The molecule has 0 atom stereocenters. The largest absolute Gasteiger partial charge is 0.505 e. The van der Waals surface area contributed by atoms with Gasteiger partial charge in [-0.2, -0.15) is 9.97 Å². The molecule has 1 aliphatic heterocycles. The second-order valence-electron chi connectivity index (χ2n) is 2.19. The SMILES string of the molecule is Nc1nc2nc(c1N)OS(=O)(=O)O2. The maximum Gasteiger partial charge on any atom is 0.505 e. The topological polar surface area (TPSA) is 130 Å². The molecule has 1 aliphatic rings. The van der Waals surface area contributed by atoms with E-state index in [1.54, 1.807) is 0 Å². The van der Waals surface area contributed by atoms with Gasteiger partial charge in [0, 0.05) is 0 Å². The Morgan fingerprint density at radius 1 is 1.15 bits per heavy atom. The van der Waals surface area contributed by atoms with Crippen LogP contribution in [0.1, 0.15) is 0 Å². The highest BCUT2D eigenvalue weighted by molar-refractivity contribution is 7.82. The van der Waals surface area contributed by atoms with Crippen molar-refractivity contribution in [2.75, 3.05) is 11.5 Å². The van der Waals surface area contributed by atoms with Gasteiger partial charge in [-0.15, -0.1) is 8.42 Å². The summed E-state index contributed by atoms with van der Waals surface area (Å²) < 4.78 is 30.1. The van der Waals surface area contributed by atoms with Crippen molar-refractivity contribution in [1.29, 1.82) is 0 Å². The van der Waals surface area contributed by atoms with Gasteiger partial charge in [0.1, 0.15) is 5.69 Å². The van der Waals surface area contributed by atoms with Gasteiger partial charge in [-0.05, 0) is 0 Å². The maximum atomic E-state index is 10.8. The van der Waals surface area contributed by atoms with E-state index in [9.17, 15) is 8.42 Å². The summed E-state index contributed by atoms with van der Waals surface area (Å²) in [6.07, 6.45) is 0. The molecule has 0 saturated heterocycles. The van der Waals surface area contributed by atoms with Gasteiger partial charge in [0.05, 0.1) is 0 Å². The molecule has 0 aromatic carbocycles. The Kier molecular flexibility index (Phi) is 1.29. The van der Waals surface area contributed by atoms with Crippen molar-refractivity contribution in [3.63, 3.8) is 0 Å². The molecule has 0 unspecified atom stereocenters. The number of hydrogen-bond donors (Lipinski definition) is 2. The van der Waals surface area contributed by atoms with E-state index < -0.39 is 16.4 Å². The van der Waals surface area contributed by atoms with Crippen LogP contribution in [0.3, 0.4) is 0 Å². The van der Waals surface area contributed by atoms with Gasteiger partial charge in [0.25, 0.3) is 5.88 Å². The summed E-state index contributed by atoms with van der Waals surface area (Å²) in [5.41, 5.74) is 10.5. The van der Waals surface area contributed by atoms with E-state index >= 15 is 0 Å². The van der Waals surface area contributed by atoms with Crippen molar-refractivity contribution < 1.29 is 16.8 Å². The second-order valence-corrected chi connectivity index (χ2v) is 3.33. The highest BCUT2D eigenvalue weighted by Gasteiger charge is 2.28. The molecule has 9 heteroatoms. The molecule has 70 valence electrons. The first kappa shape index (κ1) is 7.86. The van der Waals surface area contributed by atoms with Crippen molar-refractivity contribution in [1.82, 2.24) is 9.97 Å². The van der Waals surface area contributed by atoms with Gasteiger partial charge in [0.15, 0.2) is 5.82 Å². The van der Waals surface area contributed by atoms with Crippen LogP contribution < -0.4 is 19.8 Å². The number of nitrogens with two attached hydrogens (primary N) is 2. The molecule has 1 aromatic rings. The average molecular weight is 204 g/mol. The van der Waals surface area contributed by atoms with E-state index in [0.717, 1.165) is 0 Å². The molecule has 0 amide bonds. The quantitative estimate of drug-likeness (QED) is 0.530. The zero-order chi connectivity index (χ0) is 9.64. The van der Waals surface area contributed by atoms with Gasteiger partial charge in [-0.25, -0.2) is 0 Å². The summed E-state index contributed by atoms with van der Waals surface area (Å²) in [5.74, 6) is -0.399. The highest BCUT2D eigenvalue weighted by atomic mass is 32.3. The standard InChI is InChI=1S/C4H4N4O4S/c5-1-2(6)7-4-8-3(1)11-13(9,10)12-4/h5H2,(H2,6,7,8). The van der Waals surface area contributed by atoms with Crippen LogP contribution in [0.25, 0.3) is 0 Å². The Labute approximate surface area is 72.8 Å². The Morgan fingerprint density at radius 3 is 2.54 bits per heavy atom. The van der Waals surface area contributed by atoms with Crippen molar-refractivity contribution in [2.45, 2.75) is 0 Å². The fraction of sp³-hybridized carbons (Fsp3) is 0. The molecule has 13 heavy (non-hydrogen) atoms. The lowest BCUT2D eigenvalue weighted by Gasteiger charge is -2.14. The molecular weight excluding hydrogens is 200 g/mol. The lowest BCUT2D eigenvalue weighted by molar-refractivity contribution is 0.350. The number of hydrogen-bond acceptors (Lipinski definition) is 8. The molecule has 0 saturated carbocycles. The van der Waals surface area contributed by atoms with Crippen LogP contribution >= 0.6 is 0 Å². The van der Waals surface area contributed by atoms with Crippen molar-refractivity contribution in [2.24, 2.45) is 0 Å². The molecule has 8 nitrogen and oxygen atoms in total. The normalized spacial score (nSPS) is 17.2. The fourth-order valence-electron chi connectivity index (χ4n) is 0.751. The van der Waals surface area contributed by atoms with Crippen molar-refractivity contribution >= 4 is 21.9 Å². The van der Waals surface area contributed by atoms with Crippen molar-refractivity contribution in [3.8, 4) is 11.9 Å². The van der Waals surface area contributed by atoms with Crippen LogP contribution in [-0.4, -0.2) is 18.4 Å². The molecular formula is C4H4N4O4S.